The first-order valence-electron chi connectivity index (χ1n) is 7.30. The second-order valence-corrected chi connectivity index (χ2v) is 5.77. The van der Waals surface area contributed by atoms with Crippen LogP contribution in [0, 0.1) is 23.5 Å². The van der Waals surface area contributed by atoms with Crippen molar-refractivity contribution in [2.45, 2.75) is 51.5 Å². The van der Waals surface area contributed by atoms with Gasteiger partial charge in [-0.3, -0.25) is 0 Å². The van der Waals surface area contributed by atoms with Crippen LogP contribution in [0.2, 0.25) is 0 Å². The van der Waals surface area contributed by atoms with E-state index in [1.54, 1.807) is 12.1 Å². The summed E-state index contributed by atoms with van der Waals surface area (Å²) < 4.78 is 26.8. The number of nitrogens with two attached hydrogens (primary N) is 1. The minimum Gasteiger partial charge on any atom is -0.327 e. The molecule has 0 spiro atoms. The summed E-state index contributed by atoms with van der Waals surface area (Å²) in [5.74, 6) is -0.237. The SMILES string of the molecule is CCC1CCC(C(N)Cc2cccc(F)c2F)CC1. The molecule has 1 fully saturated rings. The van der Waals surface area contributed by atoms with Crippen LogP contribution < -0.4 is 5.73 Å². The van der Waals surface area contributed by atoms with Crippen molar-refractivity contribution in [2.24, 2.45) is 17.6 Å². The van der Waals surface area contributed by atoms with Gasteiger partial charge in [-0.15, -0.1) is 0 Å². The number of rotatable bonds is 4. The Bertz CT molecular complexity index is 411. The molecule has 1 unspecified atom stereocenters. The summed E-state index contributed by atoms with van der Waals surface area (Å²) in [4.78, 5) is 0. The fourth-order valence-electron chi connectivity index (χ4n) is 3.15. The molecule has 0 amide bonds. The number of halogens is 2. The zero-order valence-electron chi connectivity index (χ0n) is 11.5. The molecule has 2 N–H and O–H groups in total. The fourth-order valence-corrected chi connectivity index (χ4v) is 3.15. The number of hydrogen-bond acceptors (Lipinski definition) is 1. The molecule has 19 heavy (non-hydrogen) atoms. The molecule has 1 aromatic carbocycles. The molecule has 0 radical (unpaired) electrons. The van der Waals surface area contributed by atoms with Gasteiger partial charge in [0, 0.05) is 6.04 Å². The molecule has 1 saturated carbocycles. The van der Waals surface area contributed by atoms with E-state index in [1.807, 2.05) is 0 Å². The van der Waals surface area contributed by atoms with Crippen molar-refractivity contribution in [1.82, 2.24) is 0 Å². The Labute approximate surface area is 114 Å². The van der Waals surface area contributed by atoms with Crippen LogP contribution in [0.4, 0.5) is 8.78 Å². The Morgan fingerprint density at radius 2 is 1.89 bits per heavy atom. The molecule has 1 atom stereocenters. The molecule has 0 bridgehead atoms. The van der Waals surface area contributed by atoms with Gasteiger partial charge < -0.3 is 5.73 Å². The minimum atomic E-state index is -0.778. The Kier molecular flexibility index (Phi) is 4.92. The van der Waals surface area contributed by atoms with Crippen LogP contribution in [0.15, 0.2) is 18.2 Å². The van der Waals surface area contributed by atoms with Crippen molar-refractivity contribution in [3.8, 4) is 0 Å². The highest BCUT2D eigenvalue weighted by Gasteiger charge is 2.25. The van der Waals surface area contributed by atoms with Gasteiger partial charge in [-0.2, -0.15) is 0 Å². The average molecular weight is 267 g/mol. The lowest BCUT2D eigenvalue weighted by molar-refractivity contribution is 0.237. The van der Waals surface area contributed by atoms with Crippen molar-refractivity contribution >= 4 is 0 Å². The zero-order valence-corrected chi connectivity index (χ0v) is 11.5. The van der Waals surface area contributed by atoms with Gasteiger partial charge in [0.25, 0.3) is 0 Å². The number of benzene rings is 1. The third-order valence-corrected chi connectivity index (χ3v) is 4.56. The quantitative estimate of drug-likeness (QED) is 0.875. The standard InChI is InChI=1S/C16H23F2N/c1-2-11-6-8-12(9-7-11)15(19)10-13-4-3-5-14(17)16(13)18/h3-5,11-12,15H,2,6-10,19H2,1H3. The van der Waals surface area contributed by atoms with E-state index in [0.29, 0.717) is 17.9 Å². The maximum Gasteiger partial charge on any atom is 0.162 e. The Balaban J connectivity index is 1.94. The lowest BCUT2D eigenvalue weighted by atomic mass is 9.76. The van der Waals surface area contributed by atoms with Gasteiger partial charge in [0.15, 0.2) is 11.6 Å². The maximum atomic E-state index is 13.6. The molecule has 106 valence electrons. The van der Waals surface area contributed by atoms with Crippen LogP contribution >= 0.6 is 0 Å². The summed E-state index contributed by atoms with van der Waals surface area (Å²) in [6.45, 7) is 2.23. The second-order valence-electron chi connectivity index (χ2n) is 5.77. The highest BCUT2D eigenvalue weighted by molar-refractivity contribution is 5.20. The van der Waals surface area contributed by atoms with Gasteiger partial charge in [-0.1, -0.05) is 38.3 Å². The van der Waals surface area contributed by atoms with Crippen LogP contribution in [-0.4, -0.2) is 6.04 Å². The Hall–Kier alpha value is -0.960. The van der Waals surface area contributed by atoms with Crippen LogP contribution in [0.3, 0.4) is 0 Å². The van der Waals surface area contributed by atoms with Crippen molar-refractivity contribution in [3.05, 3.63) is 35.4 Å². The molecule has 1 aromatic rings. The first-order chi connectivity index (χ1) is 9.11. The van der Waals surface area contributed by atoms with E-state index in [0.717, 1.165) is 24.8 Å². The Morgan fingerprint density at radius 1 is 1.21 bits per heavy atom. The van der Waals surface area contributed by atoms with Crippen molar-refractivity contribution in [3.63, 3.8) is 0 Å². The van der Waals surface area contributed by atoms with E-state index in [4.69, 9.17) is 5.73 Å². The molecular formula is C16H23F2N. The summed E-state index contributed by atoms with van der Waals surface area (Å²) in [5, 5.41) is 0. The molecular weight excluding hydrogens is 244 g/mol. The third-order valence-electron chi connectivity index (χ3n) is 4.56. The molecule has 0 aliphatic heterocycles. The van der Waals surface area contributed by atoms with E-state index in [2.05, 4.69) is 6.92 Å². The first-order valence-corrected chi connectivity index (χ1v) is 7.30. The van der Waals surface area contributed by atoms with Crippen molar-refractivity contribution in [2.75, 3.05) is 0 Å². The van der Waals surface area contributed by atoms with Gasteiger partial charge in [-0.05, 0) is 42.7 Å². The lowest BCUT2D eigenvalue weighted by Gasteiger charge is -2.31. The highest BCUT2D eigenvalue weighted by atomic mass is 19.2. The maximum absolute atomic E-state index is 13.6. The minimum absolute atomic E-state index is 0.0610. The topological polar surface area (TPSA) is 26.0 Å². The summed E-state index contributed by atoms with van der Waals surface area (Å²) in [6, 6.07) is 4.27. The molecule has 0 aromatic heterocycles. The van der Waals surface area contributed by atoms with Crippen LogP contribution in [0.1, 0.15) is 44.6 Å². The van der Waals surface area contributed by atoms with E-state index in [1.165, 1.54) is 19.3 Å². The van der Waals surface area contributed by atoms with E-state index >= 15 is 0 Å². The van der Waals surface area contributed by atoms with E-state index in [-0.39, 0.29) is 6.04 Å². The predicted octanol–water partition coefficient (Wildman–Crippen LogP) is 4.05. The number of hydrogen-bond donors (Lipinski definition) is 1. The van der Waals surface area contributed by atoms with Gasteiger partial charge in [0.2, 0.25) is 0 Å². The lowest BCUT2D eigenvalue weighted by Crippen LogP contribution is -2.35. The molecule has 1 nitrogen and oxygen atoms in total. The van der Waals surface area contributed by atoms with Gasteiger partial charge >= 0.3 is 0 Å². The van der Waals surface area contributed by atoms with Crippen LogP contribution in [-0.2, 0) is 6.42 Å². The predicted molar refractivity (Wildman–Crippen MR) is 73.8 cm³/mol. The molecule has 2 rings (SSSR count). The van der Waals surface area contributed by atoms with Crippen molar-refractivity contribution in [1.29, 1.82) is 0 Å². The highest BCUT2D eigenvalue weighted by Crippen LogP contribution is 2.32. The molecule has 1 aliphatic carbocycles. The van der Waals surface area contributed by atoms with E-state index < -0.39 is 11.6 Å². The zero-order chi connectivity index (χ0) is 13.8. The van der Waals surface area contributed by atoms with Gasteiger partial charge in [0.05, 0.1) is 0 Å². The summed E-state index contributed by atoms with van der Waals surface area (Å²) in [6.07, 6.45) is 6.36. The third kappa shape index (κ3) is 3.53. The van der Waals surface area contributed by atoms with E-state index in [9.17, 15) is 8.78 Å². The first kappa shape index (κ1) is 14.4. The monoisotopic (exact) mass is 267 g/mol. The van der Waals surface area contributed by atoms with Crippen molar-refractivity contribution < 1.29 is 8.78 Å². The fraction of sp³-hybridized carbons (Fsp3) is 0.625. The summed E-state index contributed by atoms with van der Waals surface area (Å²) >= 11 is 0. The van der Waals surface area contributed by atoms with Gasteiger partial charge in [-0.25, -0.2) is 8.78 Å². The van der Waals surface area contributed by atoms with Crippen LogP contribution in [0.25, 0.3) is 0 Å². The average Bonchev–Trinajstić information content (AvgIpc) is 2.44. The largest absolute Gasteiger partial charge is 0.327 e. The second kappa shape index (κ2) is 6.47. The summed E-state index contributed by atoms with van der Waals surface area (Å²) in [5.41, 5.74) is 6.60. The molecule has 1 aliphatic rings. The van der Waals surface area contributed by atoms with Crippen LogP contribution in [0.5, 0.6) is 0 Å². The normalized spacial score (nSPS) is 25.3. The molecule has 3 heteroatoms. The Morgan fingerprint density at radius 3 is 2.53 bits per heavy atom. The molecule has 0 saturated heterocycles. The smallest absolute Gasteiger partial charge is 0.162 e. The summed E-state index contributed by atoms with van der Waals surface area (Å²) in [7, 11) is 0. The molecule has 0 heterocycles. The van der Waals surface area contributed by atoms with Gasteiger partial charge in [0.1, 0.15) is 0 Å².